The Bertz CT molecular complexity index is 314. The first-order valence-electron chi connectivity index (χ1n) is 7.90. The van der Waals surface area contributed by atoms with Crippen LogP contribution in [-0.2, 0) is 19.1 Å². The van der Waals surface area contributed by atoms with Crippen LogP contribution in [0.15, 0.2) is 0 Å². The molecule has 1 rings (SSSR count). The summed E-state index contributed by atoms with van der Waals surface area (Å²) in [4.78, 5) is 23.9. The Balaban J connectivity index is 2.56. The van der Waals surface area contributed by atoms with Crippen LogP contribution in [0.5, 0.6) is 0 Å². The monoisotopic (exact) mass is 284 g/mol. The number of unbranched alkanes of at least 4 members (excludes halogenated alkanes) is 3. The van der Waals surface area contributed by atoms with E-state index < -0.39 is 11.9 Å². The molecule has 1 aliphatic heterocycles. The van der Waals surface area contributed by atoms with E-state index in [0.29, 0.717) is 6.42 Å². The lowest BCUT2D eigenvalue weighted by molar-refractivity contribution is -0.168. The van der Waals surface area contributed by atoms with E-state index in [1.54, 1.807) is 0 Å². The van der Waals surface area contributed by atoms with Gasteiger partial charge in [-0.3, -0.25) is 9.59 Å². The van der Waals surface area contributed by atoms with E-state index in [1.165, 1.54) is 26.4 Å². The molecule has 3 atom stereocenters. The van der Waals surface area contributed by atoms with Gasteiger partial charge in [0.2, 0.25) is 0 Å². The highest BCUT2D eigenvalue weighted by Crippen LogP contribution is 2.29. The summed E-state index contributed by atoms with van der Waals surface area (Å²) in [5, 5.41) is 0. The molecule has 116 valence electrons. The van der Waals surface area contributed by atoms with E-state index in [-0.39, 0.29) is 18.0 Å². The molecule has 0 spiro atoms. The predicted octanol–water partition coefficient (Wildman–Crippen LogP) is 3.27. The summed E-state index contributed by atoms with van der Waals surface area (Å²) < 4.78 is 10.7. The molecule has 1 heterocycles. The van der Waals surface area contributed by atoms with Gasteiger partial charge >= 0.3 is 5.97 Å². The van der Waals surface area contributed by atoms with Gasteiger partial charge in [-0.1, -0.05) is 46.0 Å². The van der Waals surface area contributed by atoms with E-state index in [4.69, 9.17) is 9.47 Å². The number of ether oxygens (including phenoxy) is 2. The van der Waals surface area contributed by atoms with Gasteiger partial charge in [0.25, 0.3) is 0 Å². The third-order valence-corrected chi connectivity index (χ3v) is 3.92. The molecule has 0 aromatic rings. The lowest BCUT2D eigenvalue weighted by atomic mass is 9.86. The van der Waals surface area contributed by atoms with Crippen LogP contribution in [0.4, 0.5) is 0 Å². The topological polar surface area (TPSA) is 52.6 Å². The van der Waals surface area contributed by atoms with E-state index in [0.717, 1.165) is 25.7 Å². The van der Waals surface area contributed by atoms with Gasteiger partial charge in [-0.25, -0.2) is 0 Å². The summed E-state index contributed by atoms with van der Waals surface area (Å²) in [5.41, 5.74) is 0. The Morgan fingerprint density at radius 3 is 2.55 bits per heavy atom. The number of rotatable bonds is 8. The summed E-state index contributed by atoms with van der Waals surface area (Å²) >= 11 is 0. The SMILES string of the molecule is CCCCCC[C@@H]1CC(=O)[C@@H](C(=O)OC)[C@H](CCC)O1. The van der Waals surface area contributed by atoms with Crippen molar-refractivity contribution in [2.75, 3.05) is 7.11 Å². The van der Waals surface area contributed by atoms with Crippen LogP contribution in [-0.4, -0.2) is 31.1 Å². The van der Waals surface area contributed by atoms with E-state index in [9.17, 15) is 9.59 Å². The second-order valence-corrected chi connectivity index (χ2v) is 5.61. The van der Waals surface area contributed by atoms with Gasteiger partial charge < -0.3 is 9.47 Å². The third-order valence-electron chi connectivity index (χ3n) is 3.92. The Kier molecular flexibility index (Phi) is 7.82. The second-order valence-electron chi connectivity index (χ2n) is 5.61. The zero-order valence-electron chi connectivity index (χ0n) is 13.0. The van der Waals surface area contributed by atoms with E-state index in [1.807, 2.05) is 6.92 Å². The predicted molar refractivity (Wildman–Crippen MR) is 77.5 cm³/mol. The average Bonchev–Trinajstić information content (AvgIpc) is 2.43. The van der Waals surface area contributed by atoms with Crippen molar-refractivity contribution >= 4 is 11.8 Å². The van der Waals surface area contributed by atoms with Crippen LogP contribution in [0.3, 0.4) is 0 Å². The van der Waals surface area contributed by atoms with Crippen molar-refractivity contribution in [2.45, 2.75) is 77.4 Å². The number of ketones is 1. The fraction of sp³-hybridized carbons (Fsp3) is 0.875. The van der Waals surface area contributed by atoms with Crippen LogP contribution in [0.1, 0.15) is 65.2 Å². The molecule has 1 aliphatic rings. The highest BCUT2D eigenvalue weighted by atomic mass is 16.5. The molecule has 0 unspecified atom stereocenters. The molecule has 4 heteroatoms. The Hall–Kier alpha value is -0.900. The van der Waals surface area contributed by atoms with E-state index in [2.05, 4.69) is 6.92 Å². The standard InChI is InChI=1S/C16H28O4/c1-4-6-7-8-10-12-11-13(17)15(16(18)19-3)14(20-12)9-5-2/h12,14-15H,4-11H2,1-3H3/t12-,14+,15-/m1/s1. The molecular formula is C16H28O4. The van der Waals surface area contributed by atoms with Gasteiger partial charge in [0.1, 0.15) is 5.92 Å². The third kappa shape index (κ3) is 4.89. The van der Waals surface area contributed by atoms with Gasteiger partial charge in [-0.2, -0.15) is 0 Å². The van der Waals surface area contributed by atoms with Crippen LogP contribution in [0, 0.1) is 5.92 Å². The van der Waals surface area contributed by atoms with Gasteiger partial charge in [0, 0.05) is 6.42 Å². The van der Waals surface area contributed by atoms with Crippen molar-refractivity contribution in [1.29, 1.82) is 0 Å². The minimum Gasteiger partial charge on any atom is -0.468 e. The summed E-state index contributed by atoms with van der Waals surface area (Å²) in [6.07, 6.45) is 7.28. The fourth-order valence-electron chi connectivity index (χ4n) is 2.83. The maximum Gasteiger partial charge on any atom is 0.318 e. The highest BCUT2D eigenvalue weighted by Gasteiger charge is 2.42. The van der Waals surface area contributed by atoms with Crippen molar-refractivity contribution < 1.29 is 19.1 Å². The largest absolute Gasteiger partial charge is 0.468 e. The van der Waals surface area contributed by atoms with Crippen molar-refractivity contribution in [2.24, 2.45) is 5.92 Å². The molecule has 0 aromatic carbocycles. The number of hydrogen-bond donors (Lipinski definition) is 0. The number of methoxy groups -OCH3 is 1. The highest BCUT2D eigenvalue weighted by molar-refractivity contribution is 6.00. The number of esters is 1. The molecule has 0 bridgehead atoms. The molecule has 0 radical (unpaired) electrons. The first kappa shape index (κ1) is 17.2. The number of hydrogen-bond acceptors (Lipinski definition) is 4. The maximum absolute atomic E-state index is 12.2. The maximum atomic E-state index is 12.2. The average molecular weight is 284 g/mol. The molecule has 1 fully saturated rings. The van der Waals surface area contributed by atoms with Crippen LogP contribution < -0.4 is 0 Å². The molecule has 20 heavy (non-hydrogen) atoms. The van der Waals surface area contributed by atoms with Gasteiger partial charge in [-0.05, 0) is 12.8 Å². The van der Waals surface area contributed by atoms with Gasteiger partial charge in [0.15, 0.2) is 5.78 Å². The van der Waals surface area contributed by atoms with Crippen LogP contribution in [0.25, 0.3) is 0 Å². The smallest absolute Gasteiger partial charge is 0.318 e. The summed E-state index contributed by atoms with van der Waals surface area (Å²) in [6, 6.07) is 0. The minimum atomic E-state index is -0.716. The van der Waals surface area contributed by atoms with Crippen LogP contribution >= 0.6 is 0 Å². The quantitative estimate of drug-likeness (QED) is 0.390. The normalized spacial score (nSPS) is 26.6. The van der Waals surface area contributed by atoms with Crippen molar-refractivity contribution in [3.05, 3.63) is 0 Å². The van der Waals surface area contributed by atoms with Crippen molar-refractivity contribution in [1.82, 2.24) is 0 Å². The molecule has 0 saturated carbocycles. The molecular weight excluding hydrogens is 256 g/mol. The van der Waals surface area contributed by atoms with E-state index >= 15 is 0 Å². The summed E-state index contributed by atoms with van der Waals surface area (Å²) in [6.45, 7) is 4.21. The van der Waals surface area contributed by atoms with Crippen LogP contribution in [0.2, 0.25) is 0 Å². The zero-order valence-corrected chi connectivity index (χ0v) is 13.0. The van der Waals surface area contributed by atoms with Gasteiger partial charge in [-0.15, -0.1) is 0 Å². The molecule has 0 N–H and O–H groups in total. The summed E-state index contributed by atoms with van der Waals surface area (Å²) in [7, 11) is 1.33. The Morgan fingerprint density at radius 2 is 1.95 bits per heavy atom. The van der Waals surface area contributed by atoms with Crippen molar-refractivity contribution in [3.63, 3.8) is 0 Å². The summed E-state index contributed by atoms with van der Waals surface area (Å²) in [5.74, 6) is -1.17. The second kappa shape index (κ2) is 9.11. The number of carbonyl (C=O) groups is 2. The molecule has 0 aromatic heterocycles. The molecule has 0 amide bonds. The Labute approximate surface area is 122 Å². The lowest BCUT2D eigenvalue weighted by Crippen LogP contribution is -2.46. The molecule has 1 saturated heterocycles. The van der Waals surface area contributed by atoms with Gasteiger partial charge in [0.05, 0.1) is 19.3 Å². The molecule has 4 nitrogen and oxygen atoms in total. The number of Topliss-reactive ketones (excluding diaryl/α,β-unsaturated/α-hetero) is 1. The minimum absolute atomic E-state index is 0.0120. The van der Waals surface area contributed by atoms with Crippen molar-refractivity contribution in [3.8, 4) is 0 Å². The fourth-order valence-corrected chi connectivity index (χ4v) is 2.83. The lowest BCUT2D eigenvalue weighted by Gasteiger charge is -2.34. The number of carbonyl (C=O) groups excluding carboxylic acids is 2. The zero-order chi connectivity index (χ0) is 15.0. The Morgan fingerprint density at radius 1 is 1.20 bits per heavy atom. The first-order valence-corrected chi connectivity index (χ1v) is 7.90. The first-order chi connectivity index (χ1) is 9.63. The molecule has 0 aliphatic carbocycles.